The van der Waals surface area contributed by atoms with Crippen molar-refractivity contribution in [1.29, 1.82) is 0 Å². The smallest absolute Gasteiger partial charge is 0.133 e. The van der Waals surface area contributed by atoms with E-state index in [4.69, 9.17) is 4.99 Å². The van der Waals surface area contributed by atoms with Gasteiger partial charge in [0.1, 0.15) is 11.4 Å². The Morgan fingerprint density at radius 3 is 2.92 bits per heavy atom. The quantitative estimate of drug-likeness (QED) is 0.918. The molecular formula is C21H28N2O2. The average Bonchev–Trinajstić information content (AvgIpc) is 2.88. The van der Waals surface area contributed by atoms with Gasteiger partial charge in [-0.05, 0) is 50.2 Å². The van der Waals surface area contributed by atoms with E-state index in [1.54, 1.807) is 6.92 Å². The molecule has 4 atom stereocenters. The van der Waals surface area contributed by atoms with Crippen LogP contribution in [0.3, 0.4) is 0 Å². The first kappa shape index (κ1) is 16.9. The number of Topliss-reactive ketones (excluding diaryl/α,β-unsaturated/α-hetero) is 1. The Labute approximate surface area is 149 Å². The number of ketones is 1. The fourth-order valence-corrected chi connectivity index (χ4v) is 5.36. The van der Waals surface area contributed by atoms with E-state index in [0.29, 0.717) is 24.7 Å². The van der Waals surface area contributed by atoms with Gasteiger partial charge in [-0.1, -0.05) is 25.5 Å². The predicted molar refractivity (Wildman–Crippen MR) is 99.3 cm³/mol. The zero-order valence-electron chi connectivity index (χ0n) is 15.5. The van der Waals surface area contributed by atoms with Gasteiger partial charge in [-0.25, -0.2) is 0 Å². The van der Waals surface area contributed by atoms with Crippen LogP contribution in [0.15, 0.2) is 23.2 Å². The number of fused-ring (bicyclic) bond motifs is 5. The average molecular weight is 340 g/mol. The highest BCUT2D eigenvalue weighted by Gasteiger charge is 2.52. The van der Waals surface area contributed by atoms with Crippen LogP contribution in [-0.4, -0.2) is 40.6 Å². The van der Waals surface area contributed by atoms with Crippen molar-refractivity contribution in [3.8, 4) is 0 Å². The molecule has 1 N–H and O–H groups in total. The van der Waals surface area contributed by atoms with E-state index in [9.17, 15) is 9.90 Å². The molecule has 3 aliphatic heterocycles. The van der Waals surface area contributed by atoms with Crippen LogP contribution in [0.4, 0.5) is 5.69 Å². The van der Waals surface area contributed by atoms with Crippen LogP contribution in [0.2, 0.25) is 0 Å². The number of carbonyl (C=O) groups excluding carboxylic acids is 1. The first-order valence-corrected chi connectivity index (χ1v) is 9.59. The zero-order chi connectivity index (χ0) is 17.8. The molecule has 0 spiro atoms. The van der Waals surface area contributed by atoms with E-state index >= 15 is 0 Å². The minimum absolute atomic E-state index is 0.165. The first-order valence-electron chi connectivity index (χ1n) is 9.59. The maximum Gasteiger partial charge on any atom is 0.133 e. The van der Waals surface area contributed by atoms with Gasteiger partial charge in [-0.15, -0.1) is 0 Å². The van der Waals surface area contributed by atoms with E-state index in [0.717, 1.165) is 48.5 Å². The summed E-state index contributed by atoms with van der Waals surface area (Å²) in [7, 11) is 0. The van der Waals surface area contributed by atoms with E-state index in [1.807, 2.05) is 12.1 Å². The number of nitrogens with zero attached hydrogens (tertiary/aromatic N) is 2. The van der Waals surface area contributed by atoms with Crippen LogP contribution in [-0.2, 0) is 10.4 Å². The molecule has 0 aliphatic carbocycles. The highest BCUT2D eigenvalue weighted by molar-refractivity contribution is 6.04. The Hall–Kier alpha value is -1.52. The predicted octanol–water partition coefficient (Wildman–Crippen LogP) is 3.37. The summed E-state index contributed by atoms with van der Waals surface area (Å²) >= 11 is 0. The Morgan fingerprint density at radius 1 is 1.40 bits per heavy atom. The van der Waals surface area contributed by atoms with Crippen LogP contribution < -0.4 is 0 Å². The molecule has 1 aromatic rings. The third kappa shape index (κ3) is 2.58. The number of hydrogen-bond acceptors (Lipinski definition) is 4. The number of piperidine rings is 2. The molecular weight excluding hydrogens is 312 g/mol. The van der Waals surface area contributed by atoms with E-state index in [2.05, 4.69) is 24.8 Å². The molecule has 25 heavy (non-hydrogen) atoms. The summed E-state index contributed by atoms with van der Waals surface area (Å²) in [5.74, 6) is 1.24. The molecule has 4 nitrogen and oxygen atoms in total. The number of carbonyl (C=O) groups is 1. The zero-order valence-corrected chi connectivity index (χ0v) is 15.5. The van der Waals surface area contributed by atoms with Crippen molar-refractivity contribution in [2.24, 2.45) is 16.8 Å². The fourth-order valence-electron chi connectivity index (χ4n) is 5.36. The summed E-state index contributed by atoms with van der Waals surface area (Å²) in [6.07, 6.45) is 3.41. The highest BCUT2D eigenvalue weighted by Crippen LogP contribution is 2.49. The highest BCUT2D eigenvalue weighted by atomic mass is 16.3. The summed E-state index contributed by atoms with van der Waals surface area (Å²) in [5, 5.41) is 11.5. The van der Waals surface area contributed by atoms with Gasteiger partial charge < -0.3 is 9.90 Å². The Kier molecular flexibility index (Phi) is 4.08. The van der Waals surface area contributed by atoms with E-state index in [1.165, 1.54) is 0 Å². The normalized spacial score (nSPS) is 34.1. The molecule has 4 rings (SSSR count). The lowest BCUT2D eigenvalue weighted by molar-refractivity contribution is -0.119. The number of aryl methyl sites for hydroxylation is 1. The third-order valence-electron chi connectivity index (χ3n) is 6.58. The van der Waals surface area contributed by atoms with Crippen molar-refractivity contribution >= 4 is 17.2 Å². The number of aliphatic hydroxyl groups is 1. The lowest BCUT2D eigenvalue weighted by Gasteiger charge is -2.50. The van der Waals surface area contributed by atoms with Crippen LogP contribution in [0.5, 0.6) is 0 Å². The first-order chi connectivity index (χ1) is 11.9. The van der Waals surface area contributed by atoms with Gasteiger partial charge >= 0.3 is 0 Å². The lowest BCUT2D eigenvalue weighted by atomic mass is 9.70. The van der Waals surface area contributed by atoms with E-state index in [-0.39, 0.29) is 11.8 Å². The van der Waals surface area contributed by atoms with Gasteiger partial charge in [0.15, 0.2) is 0 Å². The van der Waals surface area contributed by atoms with Crippen molar-refractivity contribution in [2.75, 3.05) is 13.1 Å². The molecule has 4 heteroatoms. The second-order valence-electron chi connectivity index (χ2n) is 8.16. The third-order valence-corrected chi connectivity index (χ3v) is 6.58. The molecule has 3 aliphatic rings. The summed E-state index contributed by atoms with van der Waals surface area (Å²) in [6, 6.07) is 6.26. The summed E-state index contributed by atoms with van der Waals surface area (Å²) in [5.41, 5.74) is 3.06. The van der Waals surface area contributed by atoms with Crippen molar-refractivity contribution < 1.29 is 9.90 Å². The van der Waals surface area contributed by atoms with Crippen LogP contribution in [0.25, 0.3) is 0 Å². The summed E-state index contributed by atoms with van der Waals surface area (Å²) in [6.45, 7) is 7.91. The van der Waals surface area contributed by atoms with Crippen molar-refractivity contribution in [1.82, 2.24) is 4.90 Å². The lowest BCUT2D eigenvalue weighted by Crippen LogP contribution is -2.60. The topological polar surface area (TPSA) is 52.9 Å². The molecule has 3 heterocycles. The van der Waals surface area contributed by atoms with E-state index < -0.39 is 5.60 Å². The van der Waals surface area contributed by atoms with Gasteiger partial charge in [0.25, 0.3) is 0 Å². The Balaban J connectivity index is 1.69. The molecule has 0 bridgehead atoms. The van der Waals surface area contributed by atoms with Crippen molar-refractivity contribution in [3.05, 3.63) is 29.3 Å². The monoisotopic (exact) mass is 340 g/mol. The molecule has 0 saturated carbocycles. The second kappa shape index (κ2) is 6.03. The maximum absolute atomic E-state index is 11.8. The molecule has 1 aromatic carbocycles. The number of aliphatic imine (C=N–C) groups is 1. The summed E-state index contributed by atoms with van der Waals surface area (Å²) in [4.78, 5) is 19.1. The summed E-state index contributed by atoms with van der Waals surface area (Å²) < 4.78 is 0. The van der Waals surface area contributed by atoms with Gasteiger partial charge in [-0.2, -0.15) is 0 Å². The van der Waals surface area contributed by atoms with Gasteiger partial charge in [0, 0.05) is 25.1 Å². The molecule has 2 saturated heterocycles. The number of hydrogen-bond donors (Lipinski definition) is 1. The van der Waals surface area contributed by atoms with Crippen LogP contribution in [0.1, 0.15) is 50.7 Å². The van der Waals surface area contributed by atoms with Crippen LogP contribution >= 0.6 is 0 Å². The van der Waals surface area contributed by atoms with Gasteiger partial charge in [0.05, 0.1) is 17.4 Å². The largest absolute Gasteiger partial charge is 0.379 e. The molecule has 2 fully saturated rings. The van der Waals surface area contributed by atoms with Gasteiger partial charge in [-0.3, -0.25) is 9.89 Å². The van der Waals surface area contributed by atoms with Gasteiger partial charge in [0.2, 0.25) is 0 Å². The number of benzene rings is 1. The Bertz CT molecular complexity index is 741. The number of rotatable bonds is 3. The van der Waals surface area contributed by atoms with Crippen LogP contribution in [0, 0.1) is 18.8 Å². The molecule has 3 unspecified atom stereocenters. The van der Waals surface area contributed by atoms with Crippen molar-refractivity contribution in [3.63, 3.8) is 0 Å². The molecule has 134 valence electrons. The minimum Gasteiger partial charge on any atom is -0.379 e. The molecule has 0 aromatic heterocycles. The SMILES string of the molecule is CCC1CN2CCC3(O)C(=Nc4cccc(C)c43)[C@@H]2CC1CC(C)=O. The fraction of sp³-hybridized carbons (Fsp3) is 0.619. The maximum atomic E-state index is 11.8. The second-order valence-corrected chi connectivity index (χ2v) is 8.16. The Morgan fingerprint density at radius 2 is 2.20 bits per heavy atom. The molecule has 0 radical (unpaired) electrons. The van der Waals surface area contributed by atoms with Crippen molar-refractivity contribution in [2.45, 2.75) is 58.1 Å². The standard InChI is InChI=1S/C21H28N2O2/c1-4-15-12-23-9-8-21(25)19-13(2)6-5-7-17(19)22-20(21)18(23)11-16(15)10-14(3)24/h5-7,15-16,18,25H,4,8-12H2,1-3H3/t15?,16?,18-,21?/m0/s1. The molecule has 0 amide bonds. The minimum atomic E-state index is -0.915.